The standard InChI is InChI=1S/C12H5Cl2N5S2/c13-5-3-8-11(15-4-5)19(12(20)16-8)10-6(14)1-2-7-9(10)18-21-17-7/h1-4H,(H,16,20). The van der Waals surface area contributed by atoms with Crippen molar-refractivity contribution in [1.29, 1.82) is 0 Å². The summed E-state index contributed by atoms with van der Waals surface area (Å²) in [5.74, 6) is 0. The minimum absolute atomic E-state index is 0.474. The Bertz CT molecular complexity index is 1050. The van der Waals surface area contributed by atoms with Crippen LogP contribution in [0.3, 0.4) is 0 Å². The first-order valence-electron chi connectivity index (χ1n) is 5.82. The summed E-state index contributed by atoms with van der Waals surface area (Å²) in [6.07, 6.45) is 1.57. The van der Waals surface area contributed by atoms with Gasteiger partial charge in [-0.1, -0.05) is 23.2 Å². The van der Waals surface area contributed by atoms with E-state index in [9.17, 15) is 0 Å². The molecule has 1 N–H and O–H groups in total. The number of nitrogens with zero attached hydrogens (tertiary/aromatic N) is 4. The van der Waals surface area contributed by atoms with Crippen LogP contribution in [-0.2, 0) is 0 Å². The van der Waals surface area contributed by atoms with Crippen LogP contribution in [0.5, 0.6) is 0 Å². The van der Waals surface area contributed by atoms with Crippen LogP contribution in [0.1, 0.15) is 0 Å². The molecule has 104 valence electrons. The molecule has 5 nitrogen and oxygen atoms in total. The molecule has 0 aliphatic heterocycles. The number of nitrogens with one attached hydrogen (secondary N) is 1. The largest absolute Gasteiger partial charge is 0.329 e. The summed E-state index contributed by atoms with van der Waals surface area (Å²) in [4.78, 5) is 7.42. The van der Waals surface area contributed by atoms with E-state index in [1.165, 1.54) is 0 Å². The number of imidazole rings is 1. The van der Waals surface area contributed by atoms with Crippen molar-refractivity contribution in [2.24, 2.45) is 0 Å². The maximum atomic E-state index is 6.36. The van der Waals surface area contributed by atoms with Gasteiger partial charge in [-0.2, -0.15) is 8.75 Å². The summed E-state index contributed by atoms with van der Waals surface area (Å²) in [5, 5.41) is 1.06. The van der Waals surface area contributed by atoms with Gasteiger partial charge in [-0.15, -0.1) is 0 Å². The molecule has 0 bridgehead atoms. The van der Waals surface area contributed by atoms with E-state index in [-0.39, 0.29) is 0 Å². The van der Waals surface area contributed by atoms with Crippen LogP contribution in [-0.4, -0.2) is 23.3 Å². The molecule has 0 saturated heterocycles. The van der Waals surface area contributed by atoms with Crippen LogP contribution >= 0.6 is 47.1 Å². The highest BCUT2D eigenvalue weighted by Gasteiger charge is 2.16. The zero-order valence-electron chi connectivity index (χ0n) is 10.2. The van der Waals surface area contributed by atoms with E-state index in [1.807, 2.05) is 6.07 Å². The highest BCUT2D eigenvalue weighted by atomic mass is 35.5. The van der Waals surface area contributed by atoms with Gasteiger partial charge >= 0.3 is 0 Å². The van der Waals surface area contributed by atoms with Gasteiger partial charge < -0.3 is 4.98 Å². The van der Waals surface area contributed by atoms with Crippen LogP contribution in [0, 0.1) is 4.77 Å². The Kier molecular flexibility index (Phi) is 2.97. The SMILES string of the molecule is S=c1[nH]c2cc(Cl)cnc2n1-c1c(Cl)ccc2nsnc12. The molecule has 0 aliphatic carbocycles. The number of hydrogen-bond donors (Lipinski definition) is 1. The Balaban J connectivity index is 2.19. The molecule has 0 fully saturated rings. The number of H-pyrrole nitrogens is 1. The van der Waals surface area contributed by atoms with Crippen molar-refractivity contribution in [3.8, 4) is 5.69 Å². The maximum Gasteiger partial charge on any atom is 0.184 e. The minimum Gasteiger partial charge on any atom is -0.329 e. The molecule has 0 radical (unpaired) electrons. The number of hydrogen-bond acceptors (Lipinski definition) is 5. The number of benzene rings is 1. The van der Waals surface area contributed by atoms with E-state index in [0.29, 0.717) is 31.7 Å². The molecular weight excluding hydrogens is 349 g/mol. The lowest BCUT2D eigenvalue weighted by molar-refractivity contribution is 1.05. The molecule has 4 aromatic rings. The zero-order chi connectivity index (χ0) is 14.6. The van der Waals surface area contributed by atoms with Gasteiger partial charge in [-0.3, -0.25) is 4.57 Å². The molecule has 3 heterocycles. The molecule has 1 aromatic carbocycles. The van der Waals surface area contributed by atoms with Crippen LogP contribution < -0.4 is 0 Å². The van der Waals surface area contributed by atoms with Gasteiger partial charge in [0.25, 0.3) is 0 Å². The summed E-state index contributed by atoms with van der Waals surface area (Å²) in [5.41, 5.74) is 3.52. The summed E-state index contributed by atoms with van der Waals surface area (Å²) < 4.78 is 10.8. The third kappa shape index (κ3) is 1.96. The predicted octanol–water partition coefficient (Wildman–Crippen LogP) is 4.39. The number of pyridine rings is 1. The number of aromatic amines is 1. The van der Waals surface area contributed by atoms with Gasteiger partial charge in [0, 0.05) is 6.20 Å². The Morgan fingerprint density at radius 1 is 1.24 bits per heavy atom. The average molecular weight is 354 g/mol. The lowest BCUT2D eigenvalue weighted by atomic mass is 10.2. The molecule has 0 amide bonds. The van der Waals surface area contributed by atoms with E-state index in [2.05, 4.69) is 18.7 Å². The van der Waals surface area contributed by atoms with Crippen molar-refractivity contribution < 1.29 is 0 Å². The highest BCUT2D eigenvalue weighted by molar-refractivity contribution is 7.71. The normalized spacial score (nSPS) is 11.5. The van der Waals surface area contributed by atoms with Crippen LogP contribution in [0.15, 0.2) is 24.4 Å². The smallest absolute Gasteiger partial charge is 0.184 e. The quantitative estimate of drug-likeness (QED) is 0.515. The molecule has 0 unspecified atom stereocenters. The summed E-state index contributed by atoms with van der Waals surface area (Å²) in [6.45, 7) is 0. The first-order chi connectivity index (χ1) is 10.1. The number of aromatic nitrogens is 5. The van der Waals surface area contributed by atoms with Crippen molar-refractivity contribution in [1.82, 2.24) is 23.3 Å². The fourth-order valence-electron chi connectivity index (χ4n) is 2.20. The lowest BCUT2D eigenvalue weighted by Crippen LogP contribution is -1.98. The summed E-state index contributed by atoms with van der Waals surface area (Å²) in [6, 6.07) is 5.37. The Morgan fingerprint density at radius 2 is 2.10 bits per heavy atom. The molecule has 0 spiro atoms. The maximum absolute atomic E-state index is 6.36. The van der Waals surface area contributed by atoms with E-state index in [0.717, 1.165) is 22.8 Å². The van der Waals surface area contributed by atoms with Crippen LogP contribution in [0.2, 0.25) is 10.0 Å². The van der Waals surface area contributed by atoms with E-state index in [1.54, 1.807) is 22.9 Å². The molecule has 3 aromatic heterocycles. The topological polar surface area (TPSA) is 59.4 Å². The Morgan fingerprint density at radius 3 is 2.95 bits per heavy atom. The second kappa shape index (κ2) is 4.74. The fourth-order valence-corrected chi connectivity index (χ4v) is 3.42. The summed E-state index contributed by atoms with van der Waals surface area (Å²) >= 11 is 18.8. The number of halogens is 2. The molecule has 4 rings (SSSR count). The van der Waals surface area contributed by atoms with Gasteiger partial charge in [-0.25, -0.2) is 4.98 Å². The van der Waals surface area contributed by atoms with Crippen molar-refractivity contribution >= 4 is 69.3 Å². The molecule has 0 saturated carbocycles. The van der Waals surface area contributed by atoms with Gasteiger partial charge in [0.15, 0.2) is 10.4 Å². The number of fused-ring (bicyclic) bond motifs is 2. The van der Waals surface area contributed by atoms with Gasteiger partial charge in [-0.05, 0) is 30.4 Å². The minimum atomic E-state index is 0.474. The molecule has 9 heteroatoms. The van der Waals surface area contributed by atoms with Crippen molar-refractivity contribution in [3.63, 3.8) is 0 Å². The Hall–Kier alpha value is -1.54. The second-order valence-electron chi connectivity index (χ2n) is 4.32. The molecule has 0 atom stereocenters. The van der Waals surface area contributed by atoms with Gasteiger partial charge in [0.1, 0.15) is 11.0 Å². The average Bonchev–Trinajstić information content (AvgIpc) is 3.02. The van der Waals surface area contributed by atoms with Crippen LogP contribution in [0.4, 0.5) is 0 Å². The van der Waals surface area contributed by atoms with E-state index >= 15 is 0 Å². The van der Waals surface area contributed by atoms with Crippen LogP contribution in [0.25, 0.3) is 27.9 Å². The molecule has 0 aliphatic rings. The molecule has 21 heavy (non-hydrogen) atoms. The third-order valence-electron chi connectivity index (χ3n) is 3.07. The van der Waals surface area contributed by atoms with E-state index < -0.39 is 0 Å². The summed E-state index contributed by atoms with van der Waals surface area (Å²) in [7, 11) is 0. The Labute approximate surface area is 137 Å². The molecular formula is C12H5Cl2N5S2. The monoisotopic (exact) mass is 353 g/mol. The lowest BCUT2D eigenvalue weighted by Gasteiger charge is -2.06. The first kappa shape index (κ1) is 13.1. The fraction of sp³-hybridized carbons (Fsp3) is 0. The van der Waals surface area contributed by atoms with E-state index in [4.69, 9.17) is 35.4 Å². The predicted molar refractivity (Wildman–Crippen MR) is 87.2 cm³/mol. The van der Waals surface area contributed by atoms with Crippen molar-refractivity contribution in [2.45, 2.75) is 0 Å². The van der Waals surface area contributed by atoms with Crippen molar-refractivity contribution in [3.05, 3.63) is 39.2 Å². The third-order valence-corrected chi connectivity index (χ3v) is 4.40. The zero-order valence-corrected chi connectivity index (χ0v) is 13.3. The second-order valence-corrected chi connectivity index (χ2v) is 6.08. The number of rotatable bonds is 1. The first-order valence-corrected chi connectivity index (χ1v) is 7.72. The van der Waals surface area contributed by atoms with Gasteiger partial charge in [0.05, 0.1) is 33.0 Å². The highest BCUT2D eigenvalue weighted by Crippen LogP contribution is 2.31. The van der Waals surface area contributed by atoms with Crippen molar-refractivity contribution in [2.75, 3.05) is 0 Å². The van der Waals surface area contributed by atoms with Gasteiger partial charge in [0.2, 0.25) is 0 Å².